The molecule has 0 aromatic heterocycles. The average molecular weight is 350 g/mol. The van der Waals surface area contributed by atoms with Gasteiger partial charge in [0, 0.05) is 23.7 Å². The highest BCUT2D eigenvalue weighted by molar-refractivity contribution is 6.31. The molecule has 1 atom stereocenters. The minimum absolute atomic E-state index is 0.268. The van der Waals surface area contributed by atoms with Crippen molar-refractivity contribution in [2.24, 2.45) is 4.99 Å². The van der Waals surface area contributed by atoms with Gasteiger partial charge in [-0.15, -0.1) is 0 Å². The maximum Gasteiger partial charge on any atom is 0.191 e. The molecule has 2 aromatic rings. The van der Waals surface area contributed by atoms with E-state index < -0.39 is 6.10 Å². The summed E-state index contributed by atoms with van der Waals surface area (Å²) in [4.78, 5) is 4.43. The standard InChI is InChI=1S/C18H21ClFN3O/c1-2-21-18(22-11-13-7-9-14(20)10-8-13)23-12-17(24)15-5-3-4-6-16(15)19/h3-10,17,24H,2,11-12H2,1H3,(H2,21,22,23). The van der Waals surface area contributed by atoms with Gasteiger partial charge in [-0.2, -0.15) is 0 Å². The SMILES string of the molecule is CCNC(=NCc1ccc(F)cc1)NCC(O)c1ccccc1Cl. The summed E-state index contributed by atoms with van der Waals surface area (Å²) in [6.45, 7) is 3.34. The maximum absolute atomic E-state index is 12.9. The molecule has 0 saturated heterocycles. The van der Waals surface area contributed by atoms with Crippen molar-refractivity contribution >= 4 is 17.6 Å². The molecule has 24 heavy (non-hydrogen) atoms. The highest BCUT2D eigenvalue weighted by Crippen LogP contribution is 2.21. The Kier molecular flexibility index (Phi) is 7.03. The molecule has 0 aliphatic carbocycles. The van der Waals surface area contributed by atoms with Crippen molar-refractivity contribution in [3.8, 4) is 0 Å². The first-order valence-electron chi connectivity index (χ1n) is 7.79. The van der Waals surface area contributed by atoms with Crippen molar-refractivity contribution in [3.63, 3.8) is 0 Å². The second-order valence-electron chi connectivity index (χ2n) is 5.24. The van der Waals surface area contributed by atoms with E-state index in [0.29, 0.717) is 29.6 Å². The highest BCUT2D eigenvalue weighted by Gasteiger charge is 2.11. The van der Waals surface area contributed by atoms with E-state index in [1.807, 2.05) is 19.1 Å². The van der Waals surface area contributed by atoms with Crippen molar-refractivity contribution in [2.75, 3.05) is 13.1 Å². The van der Waals surface area contributed by atoms with Crippen LogP contribution in [0, 0.1) is 5.82 Å². The Hall–Kier alpha value is -2.11. The van der Waals surface area contributed by atoms with Crippen LogP contribution in [0.3, 0.4) is 0 Å². The number of rotatable bonds is 6. The molecule has 2 rings (SSSR count). The number of nitrogens with zero attached hydrogens (tertiary/aromatic N) is 1. The van der Waals surface area contributed by atoms with Crippen molar-refractivity contribution in [2.45, 2.75) is 19.6 Å². The summed E-state index contributed by atoms with van der Waals surface area (Å²) in [6, 6.07) is 13.4. The molecule has 3 N–H and O–H groups in total. The minimum Gasteiger partial charge on any atom is -0.387 e. The molecule has 0 spiro atoms. The summed E-state index contributed by atoms with van der Waals surface area (Å²) < 4.78 is 12.9. The Bertz CT molecular complexity index is 676. The topological polar surface area (TPSA) is 56.7 Å². The Morgan fingerprint density at radius 1 is 1.17 bits per heavy atom. The first kappa shape index (κ1) is 18.2. The molecule has 128 valence electrons. The molecule has 4 nitrogen and oxygen atoms in total. The first-order valence-corrected chi connectivity index (χ1v) is 8.17. The van der Waals surface area contributed by atoms with Gasteiger partial charge in [0.15, 0.2) is 5.96 Å². The lowest BCUT2D eigenvalue weighted by Gasteiger charge is -2.16. The van der Waals surface area contributed by atoms with Crippen molar-refractivity contribution in [3.05, 3.63) is 70.5 Å². The van der Waals surface area contributed by atoms with Crippen LogP contribution in [0.4, 0.5) is 4.39 Å². The third kappa shape index (κ3) is 5.51. The average Bonchev–Trinajstić information content (AvgIpc) is 2.59. The lowest BCUT2D eigenvalue weighted by atomic mass is 10.1. The van der Waals surface area contributed by atoms with Gasteiger partial charge < -0.3 is 15.7 Å². The van der Waals surface area contributed by atoms with Gasteiger partial charge in [-0.25, -0.2) is 9.38 Å². The predicted octanol–water partition coefficient (Wildman–Crippen LogP) is 3.27. The summed E-state index contributed by atoms with van der Waals surface area (Å²) in [5, 5.41) is 17.0. The van der Waals surface area contributed by atoms with E-state index in [2.05, 4.69) is 15.6 Å². The quantitative estimate of drug-likeness (QED) is 0.554. The number of benzene rings is 2. The number of guanidine groups is 1. The van der Waals surface area contributed by atoms with Crippen LogP contribution in [0.2, 0.25) is 5.02 Å². The van der Waals surface area contributed by atoms with Crippen molar-refractivity contribution in [1.29, 1.82) is 0 Å². The Morgan fingerprint density at radius 2 is 1.88 bits per heavy atom. The van der Waals surface area contributed by atoms with E-state index in [-0.39, 0.29) is 12.4 Å². The summed E-state index contributed by atoms with van der Waals surface area (Å²) in [5.74, 6) is 0.309. The maximum atomic E-state index is 12.9. The van der Waals surface area contributed by atoms with Gasteiger partial charge in [-0.1, -0.05) is 41.9 Å². The van der Waals surface area contributed by atoms with Gasteiger partial charge in [0.05, 0.1) is 12.6 Å². The Morgan fingerprint density at radius 3 is 2.54 bits per heavy atom. The van der Waals surface area contributed by atoms with E-state index in [9.17, 15) is 9.50 Å². The normalized spacial score (nSPS) is 12.8. The van der Waals surface area contributed by atoms with Crippen molar-refractivity contribution in [1.82, 2.24) is 10.6 Å². The highest BCUT2D eigenvalue weighted by atomic mass is 35.5. The number of nitrogens with one attached hydrogen (secondary N) is 2. The van der Waals surface area contributed by atoms with Gasteiger partial charge >= 0.3 is 0 Å². The zero-order valence-corrected chi connectivity index (χ0v) is 14.2. The van der Waals surface area contributed by atoms with E-state index in [4.69, 9.17) is 11.6 Å². The molecule has 0 radical (unpaired) electrons. The van der Waals surface area contributed by atoms with E-state index in [0.717, 1.165) is 5.56 Å². The number of aliphatic hydroxyl groups is 1. The third-order valence-electron chi connectivity index (χ3n) is 3.40. The molecule has 0 aliphatic rings. The zero-order chi connectivity index (χ0) is 17.4. The molecule has 0 heterocycles. The van der Waals surface area contributed by atoms with Crippen LogP contribution >= 0.6 is 11.6 Å². The second-order valence-corrected chi connectivity index (χ2v) is 5.65. The first-order chi connectivity index (χ1) is 11.6. The van der Waals surface area contributed by atoms with Crippen LogP contribution in [-0.2, 0) is 6.54 Å². The third-order valence-corrected chi connectivity index (χ3v) is 3.75. The van der Waals surface area contributed by atoms with Gasteiger partial charge in [0.2, 0.25) is 0 Å². The monoisotopic (exact) mass is 349 g/mol. The van der Waals surface area contributed by atoms with Gasteiger partial charge in [0.1, 0.15) is 5.82 Å². The number of hydrogen-bond donors (Lipinski definition) is 3. The van der Waals surface area contributed by atoms with Crippen molar-refractivity contribution < 1.29 is 9.50 Å². The van der Waals surface area contributed by atoms with Gasteiger partial charge in [-0.3, -0.25) is 0 Å². The largest absolute Gasteiger partial charge is 0.387 e. The number of aliphatic imine (C=N–C) groups is 1. The Balaban J connectivity index is 1.96. The van der Waals surface area contributed by atoms with Crippen LogP contribution in [0.15, 0.2) is 53.5 Å². The number of aliphatic hydroxyl groups excluding tert-OH is 1. The molecule has 1 unspecified atom stereocenters. The fourth-order valence-electron chi connectivity index (χ4n) is 2.15. The lowest BCUT2D eigenvalue weighted by molar-refractivity contribution is 0.181. The summed E-state index contributed by atoms with van der Waals surface area (Å²) in [5.41, 5.74) is 1.57. The summed E-state index contributed by atoms with van der Waals surface area (Å²) >= 11 is 6.09. The van der Waals surface area contributed by atoms with Crippen LogP contribution < -0.4 is 10.6 Å². The molecule has 0 amide bonds. The Labute approximate surface area is 146 Å². The fraction of sp³-hybridized carbons (Fsp3) is 0.278. The smallest absolute Gasteiger partial charge is 0.191 e. The summed E-state index contributed by atoms with van der Waals surface area (Å²) in [7, 11) is 0. The van der Waals surface area contributed by atoms with Gasteiger partial charge in [0.25, 0.3) is 0 Å². The second kappa shape index (κ2) is 9.25. The molecule has 6 heteroatoms. The molecule has 0 aliphatic heterocycles. The van der Waals surface area contributed by atoms with Crippen LogP contribution in [-0.4, -0.2) is 24.2 Å². The van der Waals surface area contributed by atoms with Crippen LogP contribution in [0.5, 0.6) is 0 Å². The van der Waals surface area contributed by atoms with Crippen LogP contribution in [0.25, 0.3) is 0 Å². The molecule has 0 saturated carbocycles. The summed E-state index contributed by atoms with van der Waals surface area (Å²) in [6.07, 6.45) is -0.742. The molecule has 0 bridgehead atoms. The predicted molar refractivity (Wildman–Crippen MR) is 95.6 cm³/mol. The van der Waals surface area contributed by atoms with Crippen LogP contribution in [0.1, 0.15) is 24.2 Å². The van der Waals surface area contributed by atoms with E-state index in [1.165, 1.54) is 12.1 Å². The molecule has 0 fully saturated rings. The molecule has 2 aromatic carbocycles. The van der Waals surface area contributed by atoms with Gasteiger partial charge in [-0.05, 0) is 30.7 Å². The molecular weight excluding hydrogens is 329 g/mol. The van der Waals surface area contributed by atoms with E-state index >= 15 is 0 Å². The molecular formula is C18H21ClFN3O. The zero-order valence-electron chi connectivity index (χ0n) is 13.5. The minimum atomic E-state index is -0.742. The number of halogens is 2. The lowest BCUT2D eigenvalue weighted by Crippen LogP contribution is -2.39. The number of hydrogen-bond acceptors (Lipinski definition) is 2. The fourth-order valence-corrected chi connectivity index (χ4v) is 2.41. The van der Waals surface area contributed by atoms with E-state index in [1.54, 1.807) is 24.3 Å².